The van der Waals surface area contributed by atoms with E-state index in [0.717, 1.165) is 10.5 Å². The van der Waals surface area contributed by atoms with Gasteiger partial charge < -0.3 is 15.4 Å². The van der Waals surface area contributed by atoms with E-state index in [1.807, 2.05) is 26.0 Å². The Morgan fingerprint density at radius 2 is 1.93 bits per heavy atom. The maximum absolute atomic E-state index is 12.6. The van der Waals surface area contributed by atoms with Crippen molar-refractivity contribution < 1.29 is 19.1 Å². The summed E-state index contributed by atoms with van der Waals surface area (Å²) in [5.74, 6) is -0.546. The van der Waals surface area contributed by atoms with Gasteiger partial charge in [0.15, 0.2) is 0 Å². The number of amides is 4. The zero-order chi connectivity index (χ0) is 21.0. The molecular formula is C21H20ClN3O4. The second kappa shape index (κ2) is 8.79. The first kappa shape index (κ1) is 20.4. The summed E-state index contributed by atoms with van der Waals surface area (Å²) in [4.78, 5) is 37.9. The summed E-state index contributed by atoms with van der Waals surface area (Å²) in [6.45, 7) is 3.80. The third-order valence-electron chi connectivity index (χ3n) is 4.17. The van der Waals surface area contributed by atoms with Crippen molar-refractivity contribution >= 4 is 41.2 Å². The molecule has 8 heteroatoms. The van der Waals surface area contributed by atoms with Gasteiger partial charge in [-0.1, -0.05) is 29.3 Å². The number of rotatable bonds is 6. The van der Waals surface area contributed by atoms with Gasteiger partial charge in [-0.2, -0.15) is 0 Å². The summed E-state index contributed by atoms with van der Waals surface area (Å²) in [6, 6.07) is 11.5. The molecule has 1 aliphatic rings. The number of carbonyl (C=O) groups is 3. The molecule has 0 unspecified atom stereocenters. The highest BCUT2D eigenvalue weighted by atomic mass is 35.5. The van der Waals surface area contributed by atoms with Crippen LogP contribution in [0, 0.1) is 6.92 Å². The van der Waals surface area contributed by atoms with Crippen LogP contribution in [-0.4, -0.2) is 35.9 Å². The first-order chi connectivity index (χ1) is 13.9. The van der Waals surface area contributed by atoms with Crippen LogP contribution < -0.4 is 15.4 Å². The number of imide groups is 1. The van der Waals surface area contributed by atoms with Crippen LogP contribution in [0.25, 0.3) is 6.08 Å². The van der Waals surface area contributed by atoms with Crippen LogP contribution in [0.1, 0.15) is 18.1 Å². The lowest BCUT2D eigenvalue weighted by Crippen LogP contribution is -2.38. The highest BCUT2D eigenvalue weighted by Crippen LogP contribution is 2.26. The number of nitrogens with one attached hydrogen (secondary N) is 2. The molecule has 2 N–H and O–H groups in total. The van der Waals surface area contributed by atoms with Crippen molar-refractivity contribution in [3.8, 4) is 5.75 Å². The fourth-order valence-corrected chi connectivity index (χ4v) is 2.95. The van der Waals surface area contributed by atoms with Crippen molar-refractivity contribution in [3.63, 3.8) is 0 Å². The van der Waals surface area contributed by atoms with Gasteiger partial charge in [-0.15, -0.1) is 0 Å². The van der Waals surface area contributed by atoms with E-state index >= 15 is 0 Å². The van der Waals surface area contributed by atoms with Crippen molar-refractivity contribution in [2.75, 3.05) is 18.5 Å². The molecule has 2 aromatic rings. The highest BCUT2D eigenvalue weighted by Gasteiger charge is 2.35. The van der Waals surface area contributed by atoms with Crippen molar-refractivity contribution in [1.82, 2.24) is 10.2 Å². The minimum Gasteiger partial charge on any atom is -0.493 e. The van der Waals surface area contributed by atoms with E-state index in [2.05, 4.69) is 10.6 Å². The molecule has 2 aromatic carbocycles. The maximum atomic E-state index is 12.6. The molecule has 0 aliphatic carbocycles. The van der Waals surface area contributed by atoms with E-state index in [9.17, 15) is 14.4 Å². The molecule has 1 aliphatic heterocycles. The summed E-state index contributed by atoms with van der Waals surface area (Å²) in [5.41, 5.74) is 2.23. The lowest BCUT2D eigenvalue weighted by molar-refractivity contribution is -0.127. The molecule has 0 atom stereocenters. The minimum absolute atomic E-state index is 0.0429. The second-order valence-corrected chi connectivity index (χ2v) is 6.85. The topological polar surface area (TPSA) is 87.7 Å². The summed E-state index contributed by atoms with van der Waals surface area (Å²) in [5, 5.41) is 5.62. The Kier molecular flexibility index (Phi) is 6.19. The Morgan fingerprint density at radius 1 is 1.21 bits per heavy atom. The standard InChI is InChI=1S/C21H20ClN3O4/c1-3-29-18-9-6-15(22)10-14(18)11-17-20(27)25(21(28)24-17)12-19(26)23-16-7-4-13(2)5-8-16/h4-11H,3,12H2,1-2H3,(H,23,26)(H,24,28)/b17-11-. The molecule has 1 heterocycles. The Hall–Kier alpha value is -3.32. The first-order valence-electron chi connectivity index (χ1n) is 9.01. The summed E-state index contributed by atoms with van der Waals surface area (Å²) < 4.78 is 5.53. The Morgan fingerprint density at radius 3 is 2.62 bits per heavy atom. The number of anilines is 1. The van der Waals surface area contributed by atoms with Crippen molar-refractivity contribution in [2.45, 2.75) is 13.8 Å². The van der Waals surface area contributed by atoms with Crippen molar-refractivity contribution in [1.29, 1.82) is 0 Å². The molecule has 29 heavy (non-hydrogen) atoms. The summed E-state index contributed by atoms with van der Waals surface area (Å²) in [6.07, 6.45) is 1.48. The number of ether oxygens (including phenoxy) is 1. The first-order valence-corrected chi connectivity index (χ1v) is 9.38. The predicted octanol–water partition coefficient (Wildman–Crippen LogP) is 3.58. The van der Waals surface area contributed by atoms with Crippen LogP contribution in [0.5, 0.6) is 5.75 Å². The molecule has 0 spiro atoms. The third-order valence-corrected chi connectivity index (χ3v) is 4.41. The molecule has 1 saturated heterocycles. The van der Waals surface area contributed by atoms with Gasteiger partial charge in [0, 0.05) is 16.3 Å². The monoisotopic (exact) mass is 413 g/mol. The van der Waals surface area contributed by atoms with Gasteiger partial charge in [0.2, 0.25) is 5.91 Å². The van der Waals surface area contributed by atoms with Gasteiger partial charge in [-0.05, 0) is 50.3 Å². The average molecular weight is 414 g/mol. The van der Waals surface area contributed by atoms with Gasteiger partial charge in [0.1, 0.15) is 18.0 Å². The van der Waals surface area contributed by atoms with E-state index in [-0.39, 0.29) is 5.70 Å². The zero-order valence-electron chi connectivity index (χ0n) is 16.0. The number of hydrogen-bond donors (Lipinski definition) is 2. The van der Waals surface area contributed by atoms with E-state index < -0.39 is 24.4 Å². The molecule has 0 saturated carbocycles. The smallest absolute Gasteiger partial charge is 0.329 e. The number of hydrogen-bond acceptors (Lipinski definition) is 4. The molecule has 0 bridgehead atoms. The molecule has 7 nitrogen and oxygen atoms in total. The van der Waals surface area contributed by atoms with Crippen LogP contribution in [0.3, 0.4) is 0 Å². The number of urea groups is 1. The lowest BCUT2D eigenvalue weighted by Gasteiger charge is -2.12. The van der Waals surface area contributed by atoms with Crippen LogP contribution in [-0.2, 0) is 9.59 Å². The fraction of sp³-hybridized carbons (Fsp3) is 0.190. The van der Waals surface area contributed by atoms with Crippen LogP contribution in [0.2, 0.25) is 5.02 Å². The number of halogens is 1. The number of carbonyl (C=O) groups excluding carboxylic acids is 3. The number of nitrogens with zero attached hydrogens (tertiary/aromatic N) is 1. The number of benzene rings is 2. The molecule has 3 rings (SSSR count). The van der Waals surface area contributed by atoms with E-state index in [4.69, 9.17) is 16.3 Å². The van der Waals surface area contributed by atoms with Gasteiger partial charge in [0.25, 0.3) is 5.91 Å². The van der Waals surface area contributed by atoms with Crippen LogP contribution in [0.15, 0.2) is 48.2 Å². The van der Waals surface area contributed by atoms with E-state index in [1.165, 1.54) is 6.08 Å². The maximum Gasteiger partial charge on any atom is 0.329 e. The predicted molar refractivity (Wildman–Crippen MR) is 111 cm³/mol. The van der Waals surface area contributed by atoms with Crippen molar-refractivity contribution in [3.05, 3.63) is 64.3 Å². The molecular weight excluding hydrogens is 394 g/mol. The SMILES string of the molecule is CCOc1ccc(Cl)cc1/C=C1\NC(=O)N(CC(=O)Nc2ccc(C)cc2)C1=O. The van der Waals surface area contributed by atoms with Crippen molar-refractivity contribution in [2.24, 2.45) is 0 Å². The Labute approximate surface area is 173 Å². The molecule has 0 radical (unpaired) electrons. The van der Waals surface area contributed by atoms with E-state index in [1.54, 1.807) is 30.3 Å². The quantitative estimate of drug-likeness (QED) is 0.559. The normalized spacial score (nSPS) is 14.9. The fourth-order valence-electron chi connectivity index (χ4n) is 2.77. The van der Waals surface area contributed by atoms with Gasteiger partial charge in [-0.25, -0.2) is 9.69 Å². The molecule has 1 fully saturated rings. The van der Waals surface area contributed by atoms with E-state index in [0.29, 0.717) is 28.6 Å². The summed E-state index contributed by atoms with van der Waals surface area (Å²) in [7, 11) is 0. The Balaban J connectivity index is 1.74. The van der Waals surface area contributed by atoms with Crippen LogP contribution >= 0.6 is 11.6 Å². The summed E-state index contributed by atoms with van der Waals surface area (Å²) >= 11 is 6.03. The highest BCUT2D eigenvalue weighted by molar-refractivity contribution is 6.30. The molecule has 0 aromatic heterocycles. The third kappa shape index (κ3) is 4.94. The lowest BCUT2D eigenvalue weighted by atomic mass is 10.1. The Bertz CT molecular complexity index is 986. The molecule has 4 amide bonds. The molecule has 150 valence electrons. The second-order valence-electron chi connectivity index (χ2n) is 6.41. The largest absolute Gasteiger partial charge is 0.493 e. The van der Waals surface area contributed by atoms with Gasteiger partial charge >= 0.3 is 6.03 Å². The average Bonchev–Trinajstić information content (AvgIpc) is 2.93. The van der Waals surface area contributed by atoms with Gasteiger partial charge in [-0.3, -0.25) is 9.59 Å². The van der Waals surface area contributed by atoms with Crippen LogP contribution in [0.4, 0.5) is 10.5 Å². The number of aryl methyl sites for hydroxylation is 1. The van der Waals surface area contributed by atoms with Gasteiger partial charge in [0.05, 0.1) is 6.61 Å². The minimum atomic E-state index is -0.666. The zero-order valence-corrected chi connectivity index (χ0v) is 16.7.